The molecule has 0 saturated carbocycles. The summed E-state index contributed by atoms with van der Waals surface area (Å²) >= 11 is 0. The molecule has 1 saturated heterocycles. The topological polar surface area (TPSA) is 39.3 Å². The number of amides is 1. The molecule has 0 radical (unpaired) electrons. The number of nitrogens with zero attached hydrogens (tertiary/aromatic N) is 2. The molecule has 0 aliphatic carbocycles. The van der Waals surface area contributed by atoms with Crippen molar-refractivity contribution in [1.82, 2.24) is 14.8 Å². The number of likely N-dealkylation sites (tertiary alicyclic amines) is 1. The third kappa shape index (κ3) is 3.32. The van der Waals surface area contributed by atoms with Crippen LogP contribution in [0.3, 0.4) is 0 Å². The van der Waals surface area contributed by atoms with Crippen LogP contribution in [0.25, 0.3) is 0 Å². The summed E-state index contributed by atoms with van der Waals surface area (Å²) in [4.78, 5) is 20.2. The van der Waals surface area contributed by atoms with Crippen molar-refractivity contribution in [3.8, 4) is 0 Å². The van der Waals surface area contributed by atoms with Gasteiger partial charge in [-0.05, 0) is 38.0 Å². The Bertz CT molecular complexity index is 623. The second-order valence-corrected chi connectivity index (χ2v) is 6.20. The summed E-state index contributed by atoms with van der Waals surface area (Å²) < 4.78 is 0. The predicted octanol–water partition coefficient (Wildman–Crippen LogP) is 3.31. The highest BCUT2D eigenvalue weighted by molar-refractivity contribution is 5.92. The standard InChI is InChI=1S/C19H25N3O/c1-3-22(19(23)18-10-7-12-20-18)17-11-13-21(14-17)15(2)16-8-5-4-6-9-16/h4-10,12,15,17,20H,3,11,13-14H2,1-2H3/t15-,17-/m1/s1. The van der Waals surface area contributed by atoms with E-state index in [0.717, 1.165) is 26.1 Å². The SMILES string of the molecule is CCN(C(=O)c1ccc[nH]1)[C@@H]1CCN([C@H](C)c2ccccc2)C1. The van der Waals surface area contributed by atoms with Crippen molar-refractivity contribution >= 4 is 5.91 Å². The Morgan fingerprint density at radius 2 is 2.09 bits per heavy atom. The summed E-state index contributed by atoms with van der Waals surface area (Å²) in [6, 6.07) is 15.0. The van der Waals surface area contributed by atoms with Crippen LogP contribution >= 0.6 is 0 Å². The molecule has 1 amide bonds. The minimum atomic E-state index is 0.108. The van der Waals surface area contributed by atoms with E-state index in [1.165, 1.54) is 5.56 Å². The first-order valence-corrected chi connectivity index (χ1v) is 8.44. The Balaban J connectivity index is 1.67. The monoisotopic (exact) mass is 311 g/mol. The summed E-state index contributed by atoms with van der Waals surface area (Å²) in [5, 5.41) is 0. The number of nitrogens with one attached hydrogen (secondary N) is 1. The van der Waals surface area contributed by atoms with Gasteiger partial charge in [-0.2, -0.15) is 0 Å². The fraction of sp³-hybridized carbons (Fsp3) is 0.421. The van der Waals surface area contributed by atoms with E-state index < -0.39 is 0 Å². The predicted molar refractivity (Wildman–Crippen MR) is 92.3 cm³/mol. The molecule has 23 heavy (non-hydrogen) atoms. The number of benzene rings is 1. The number of hydrogen-bond donors (Lipinski definition) is 1. The number of aromatic nitrogens is 1. The summed E-state index contributed by atoms with van der Waals surface area (Å²) in [6.45, 7) is 7.03. The number of aromatic amines is 1. The molecule has 0 spiro atoms. The molecular weight excluding hydrogens is 286 g/mol. The highest BCUT2D eigenvalue weighted by atomic mass is 16.2. The molecule has 0 unspecified atom stereocenters. The number of carbonyl (C=O) groups excluding carboxylic acids is 1. The molecule has 1 aliphatic rings. The van der Waals surface area contributed by atoms with Gasteiger partial charge >= 0.3 is 0 Å². The maximum atomic E-state index is 12.6. The lowest BCUT2D eigenvalue weighted by Crippen LogP contribution is -2.42. The minimum Gasteiger partial charge on any atom is -0.357 e. The zero-order chi connectivity index (χ0) is 16.2. The van der Waals surface area contributed by atoms with Gasteiger partial charge in [-0.3, -0.25) is 9.69 Å². The highest BCUT2D eigenvalue weighted by Gasteiger charge is 2.32. The van der Waals surface area contributed by atoms with E-state index in [0.29, 0.717) is 17.8 Å². The van der Waals surface area contributed by atoms with Crippen LogP contribution in [0.5, 0.6) is 0 Å². The largest absolute Gasteiger partial charge is 0.357 e. The quantitative estimate of drug-likeness (QED) is 0.920. The highest BCUT2D eigenvalue weighted by Crippen LogP contribution is 2.27. The Morgan fingerprint density at radius 3 is 2.74 bits per heavy atom. The van der Waals surface area contributed by atoms with Crippen LogP contribution in [0.4, 0.5) is 0 Å². The van der Waals surface area contributed by atoms with Gasteiger partial charge < -0.3 is 9.88 Å². The number of likely N-dealkylation sites (N-methyl/N-ethyl adjacent to an activating group) is 1. The number of rotatable bonds is 5. The molecule has 1 aliphatic heterocycles. The third-order valence-corrected chi connectivity index (χ3v) is 4.90. The maximum absolute atomic E-state index is 12.6. The van der Waals surface area contributed by atoms with Gasteiger partial charge in [0.2, 0.25) is 0 Å². The fourth-order valence-corrected chi connectivity index (χ4v) is 3.50. The van der Waals surface area contributed by atoms with Crippen LogP contribution < -0.4 is 0 Å². The molecule has 4 nitrogen and oxygen atoms in total. The molecule has 3 rings (SSSR count). The molecule has 1 aromatic heterocycles. The van der Waals surface area contributed by atoms with Crippen molar-refractivity contribution in [2.75, 3.05) is 19.6 Å². The smallest absolute Gasteiger partial charge is 0.270 e. The Hall–Kier alpha value is -2.07. The van der Waals surface area contributed by atoms with Gasteiger partial charge in [-0.1, -0.05) is 30.3 Å². The van der Waals surface area contributed by atoms with Crippen molar-refractivity contribution in [3.63, 3.8) is 0 Å². The summed E-state index contributed by atoms with van der Waals surface area (Å²) in [6.07, 6.45) is 2.84. The van der Waals surface area contributed by atoms with Crippen LogP contribution in [0.2, 0.25) is 0 Å². The van der Waals surface area contributed by atoms with Gasteiger partial charge in [0.1, 0.15) is 5.69 Å². The molecule has 0 bridgehead atoms. The molecule has 1 aromatic carbocycles. The first-order valence-electron chi connectivity index (χ1n) is 8.44. The van der Waals surface area contributed by atoms with E-state index in [9.17, 15) is 4.79 Å². The van der Waals surface area contributed by atoms with E-state index in [-0.39, 0.29) is 5.91 Å². The van der Waals surface area contributed by atoms with E-state index in [4.69, 9.17) is 0 Å². The summed E-state index contributed by atoms with van der Waals surface area (Å²) in [7, 11) is 0. The zero-order valence-corrected chi connectivity index (χ0v) is 13.9. The first kappa shape index (κ1) is 15.8. The van der Waals surface area contributed by atoms with Crippen LogP contribution in [-0.2, 0) is 0 Å². The van der Waals surface area contributed by atoms with E-state index in [1.807, 2.05) is 17.0 Å². The van der Waals surface area contributed by atoms with Crippen LogP contribution in [-0.4, -0.2) is 46.4 Å². The zero-order valence-electron chi connectivity index (χ0n) is 13.9. The summed E-state index contributed by atoms with van der Waals surface area (Å²) in [5.74, 6) is 0.108. The van der Waals surface area contributed by atoms with Gasteiger partial charge in [0, 0.05) is 37.9 Å². The van der Waals surface area contributed by atoms with Crippen molar-refractivity contribution < 1.29 is 4.79 Å². The second kappa shape index (κ2) is 7.01. The van der Waals surface area contributed by atoms with E-state index >= 15 is 0 Å². The summed E-state index contributed by atoms with van der Waals surface area (Å²) in [5.41, 5.74) is 2.02. The molecule has 122 valence electrons. The lowest BCUT2D eigenvalue weighted by Gasteiger charge is -2.29. The number of H-pyrrole nitrogens is 1. The average Bonchev–Trinajstić information content (AvgIpc) is 3.27. The third-order valence-electron chi connectivity index (χ3n) is 4.90. The molecular formula is C19H25N3O. The average molecular weight is 311 g/mol. The van der Waals surface area contributed by atoms with Crippen LogP contribution in [0.15, 0.2) is 48.7 Å². The van der Waals surface area contributed by atoms with Gasteiger partial charge in [-0.25, -0.2) is 0 Å². The molecule has 1 N–H and O–H groups in total. The van der Waals surface area contributed by atoms with Gasteiger partial charge in [0.05, 0.1) is 0 Å². The van der Waals surface area contributed by atoms with Gasteiger partial charge in [-0.15, -0.1) is 0 Å². The normalized spacial score (nSPS) is 19.7. The Labute approximate surface area is 138 Å². The maximum Gasteiger partial charge on any atom is 0.270 e. The number of carbonyl (C=O) groups is 1. The molecule has 2 aromatic rings. The Morgan fingerprint density at radius 1 is 1.30 bits per heavy atom. The molecule has 4 heteroatoms. The second-order valence-electron chi connectivity index (χ2n) is 6.20. The Kier molecular flexibility index (Phi) is 4.82. The van der Waals surface area contributed by atoms with Crippen molar-refractivity contribution in [2.45, 2.75) is 32.4 Å². The molecule has 1 fully saturated rings. The van der Waals surface area contributed by atoms with Crippen LogP contribution in [0.1, 0.15) is 42.4 Å². The van der Waals surface area contributed by atoms with Crippen molar-refractivity contribution in [3.05, 3.63) is 59.9 Å². The molecule has 2 heterocycles. The van der Waals surface area contributed by atoms with E-state index in [1.54, 1.807) is 6.20 Å². The van der Waals surface area contributed by atoms with E-state index in [2.05, 4.69) is 54.1 Å². The van der Waals surface area contributed by atoms with Crippen molar-refractivity contribution in [1.29, 1.82) is 0 Å². The minimum absolute atomic E-state index is 0.108. The number of hydrogen-bond acceptors (Lipinski definition) is 2. The van der Waals surface area contributed by atoms with Gasteiger partial charge in [0.25, 0.3) is 5.91 Å². The first-order chi connectivity index (χ1) is 11.2. The lowest BCUT2D eigenvalue weighted by molar-refractivity contribution is 0.0684. The van der Waals surface area contributed by atoms with Crippen molar-refractivity contribution in [2.24, 2.45) is 0 Å². The fourth-order valence-electron chi connectivity index (χ4n) is 3.50. The van der Waals surface area contributed by atoms with Crippen LogP contribution in [0, 0.1) is 0 Å². The molecule has 2 atom stereocenters. The lowest BCUT2D eigenvalue weighted by atomic mass is 10.1. The van der Waals surface area contributed by atoms with Gasteiger partial charge in [0.15, 0.2) is 0 Å².